The van der Waals surface area contributed by atoms with Crippen LogP contribution in [-0.4, -0.2) is 37.6 Å². The smallest absolute Gasteiger partial charge is 0.230 e. The van der Waals surface area contributed by atoms with Crippen molar-refractivity contribution in [1.82, 2.24) is 4.90 Å². The van der Waals surface area contributed by atoms with Crippen LogP contribution in [0.4, 0.5) is 0 Å². The molecule has 1 aliphatic rings. The summed E-state index contributed by atoms with van der Waals surface area (Å²) in [6.07, 6.45) is 1.43. The van der Waals surface area contributed by atoms with Gasteiger partial charge in [-0.25, -0.2) is 0 Å². The normalized spacial score (nSPS) is 17.8. The molecular weight excluding hydrogens is 320 g/mol. The fourth-order valence-corrected chi connectivity index (χ4v) is 2.87. The van der Waals surface area contributed by atoms with Crippen molar-refractivity contribution in [3.05, 3.63) is 34.3 Å². The molecule has 1 fully saturated rings. The molecule has 110 valence electrons. The summed E-state index contributed by atoms with van der Waals surface area (Å²) in [5.74, 6) is 0.131. The van der Waals surface area contributed by atoms with Crippen LogP contribution in [-0.2, 0) is 16.1 Å². The van der Waals surface area contributed by atoms with Crippen LogP contribution in [0.3, 0.4) is 0 Å². The average Bonchev–Trinajstić information content (AvgIpc) is 2.49. The Labute approximate surface area is 128 Å². The molecule has 20 heavy (non-hydrogen) atoms. The van der Waals surface area contributed by atoms with E-state index in [4.69, 9.17) is 10.5 Å². The van der Waals surface area contributed by atoms with Gasteiger partial charge in [-0.05, 0) is 30.5 Å². The van der Waals surface area contributed by atoms with E-state index in [1.165, 1.54) is 0 Å². The number of halogens is 1. The van der Waals surface area contributed by atoms with Crippen molar-refractivity contribution in [3.8, 4) is 0 Å². The van der Waals surface area contributed by atoms with E-state index in [9.17, 15) is 4.79 Å². The number of nitrogens with zero attached hydrogens (tertiary/aromatic N) is 1. The summed E-state index contributed by atoms with van der Waals surface area (Å²) in [5, 5.41) is 0. The first-order valence-electron chi connectivity index (χ1n) is 6.85. The molecule has 4 nitrogen and oxygen atoms in total. The molecular formula is C15H21BrN2O2. The molecule has 0 atom stereocenters. The molecule has 1 aromatic rings. The highest BCUT2D eigenvalue weighted by atomic mass is 79.9. The maximum atomic E-state index is 12.7. The second-order valence-electron chi connectivity index (χ2n) is 5.38. The minimum Gasteiger partial charge on any atom is -0.381 e. The zero-order valence-electron chi connectivity index (χ0n) is 11.8. The van der Waals surface area contributed by atoms with Gasteiger partial charge in [0, 0.05) is 37.8 Å². The lowest BCUT2D eigenvalue weighted by molar-refractivity contribution is -0.146. The molecule has 1 amide bonds. The largest absolute Gasteiger partial charge is 0.381 e. The van der Waals surface area contributed by atoms with Gasteiger partial charge in [0.1, 0.15) is 0 Å². The van der Waals surface area contributed by atoms with Crippen molar-refractivity contribution in [2.24, 2.45) is 11.1 Å². The SMILES string of the molecule is CN(Cc1ccc(Br)cc1)C(=O)C1(CN)CCOCC1. The molecule has 2 N–H and O–H groups in total. The first-order valence-corrected chi connectivity index (χ1v) is 7.64. The predicted octanol–water partition coefficient (Wildman–Crippen LogP) is 2.16. The standard InChI is InChI=1S/C15H21BrN2O2/c1-18(10-12-2-4-13(16)5-3-12)14(19)15(11-17)6-8-20-9-7-15/h2-5H,6-11,17H2,1H3. The van der Waals surface area contributed by atoms with Gasteiger partial charge in [0.2, 0.25) is 5.91 Å². The maximum Gasteiger partial charge on any atom is 0.230 e. The maximum absolute atomic E-state index is 12.7. The fraction of sp³-hybridized carbons (Fsp3) is 0.533. The molecule has 1 heterocycles. The molecule has 0 spiro atoms. The lowest BCUT2D eigenvalue weighted by Crippen LogP contribution is -2.49. The third kappa shape index (κ3) is 3.40. The quantitative estimate of drug-likeness (QED) is 0.913. The zero-order valence-corrected chi connectivity index (χ0v) is 13.4. The molecule has 2 rings (SSSR count). The zero-order chi connectivity index (χ0) is 14.6. The van der Waals surface area contributed by atoms with Gasteiger partial charge in [-0.2, -0.15) is 0 Å². The third-order valence-electron chi connectivity index (χ3n) is 3.97. The number of nitrogens with two attached hydrogens (primary N) is 1. The molecule has 0 aromatic heterocycles. The van der Waals surface area contributed by atoms with E-state index >= 15 is 0 Å². The van der Waals surface area contributed by atoms with Crippen molar-refractivity contribution in [1.29, 1.82) is 0 Å². The lowest BCUT2D eigenvalue weighted by atomic mass is 9.79. The van der Waals surface area contributed by atoms with E-state index < -0.39 is 5.41 Å². The number of rotatable bonds is 4. The van der Waals surface area contributed by atoms with Crippen LogP contribution in [0.2, 0.25) is 0 Å². The van der Waals surface area contributed by atoms with E-state index in [-0.39, 0.29) is 5.91 Å². The van der Waals surface area contributed by atoms with Crippen molar-refractivity contribution in [2.45, 2.75) is 19.4 Å². The van der Waals surface area contributed by atoms with Gasteiger partial charge in [0.15, 0.2) is 0 Å². The van der Waals surface area contributed by atoms with Crippen molar-refractivity contribution in [2.75, 3.05) is 26.8 Å². The summed E-state index contributed by atoms with van der Waals surface area (Å²) in [7, 11) is 1.84. The number of hydrogen-bond acceptors (Lipinski definition) is 3. The highest BCUT2D eigenvalue weighted by Gasteiger charge is 2.40. The Morgan fingerprint density at radius 1 is 1.35 bits per heavy atom. The van der Waals surface area contributed by atoms with Crippen LogP contribution in [0.5, 0.6) is 0 Å². The molecule has 5 heteroatoms. The third-order valence-corrected chi connectivity index (χ3v) is 4.50. The Hall–Kier alpha value is -0.910. The van der Waals surface area contributed by atoms with Crippen molar-refractivity contribution in [3.63, 3.8) is 0 Å². The topological polar surface area (TPSA) is 55.6 Å². The molecule has 1 aliphatic heterocycles. The Balaban J connectivity index is 2.05. The van der Waals surface area contributed by atoms with Crippen LogP contribution < -0.4 is 5.73 Å². The van der Waals surface area contributed by atoms with Crippen LogP contribution >= 0.6 is 15.9 Å². The van der Waals surface area contributed by atoms with E-state index in [2.05, 4.69) is 15.9 Å². The minimum atomic E-state index is -0.442. The fourth-order valence-electron chi connectivity index (χ4n) is 2.61. The molecule has 0 saturated carbocycles. The van der Waals surface area contributed by atoms with Gasteiger partial charge in [-0.1, -0.05) is 28.1 Å². The van der Waals surface area contributed by atoms with E-state index in [1.807, 2.05) is 31.3 Å². The van der Waals surface area contributed by atoms with Gasteiger partial charge in [0.05, 0.1) is 5.41 Å². The number of benzene rings is 1. The van der Waals surface area contributed by atoms with Crippen molar-refractivity contribution < 1.29 is 9.53 Å². The van der Waals surface area contributed by atoms with Gasteiger partial charge in [-0.3, -0.25) is 4.79 Å². The number of hydrogen-bond donors (Lipinski definition) is 1. The summed E-state index contributed by atoms with van der Waals surface area (Å²) >= 11 is 3.41. The van der Waals surface area contributed by atoms with Crippen molar-refractivity contribution >= 4 is 21.8 Å². The second-order valence-corrected chi connectivity index (χ2v) is 6.30. The summed E-state index contributed by atoms with van der Waals surface area (Å²) < 4.78 is 6.40. The van der Waals surface area contributed by atoms with Crippen LogP contribution in [0.15, 0.2) is 28.7 Å². The number of amides is 1. The molecule has 0 radical (unpaired) electrons. The number of ether oxygens (including phenoxy) is 1. The molecule has 0 aliphatic carbocycles. The molecule has 1 aromatic carbocycles. The first kappa shape index (κ1) is 15.5. The summed E-state index contributed by atoms with van der Waals surface area (Å²) in [5.41, 5.74) is 6.55. The van der Waals surface area contributed by atoms with Gasteiger partial charge in [0.25, 0.3) is 0 Å². The summed E-state index contributed by atoms with van der Waals surface area (Å²) in [6.45, 7) is 2.23. The lowest BCUT2D eigenvalue weighted by Gasteiger charge is -2.37. The van der Waals surface area contributed by atoms with Crippen LogP contribution in [0, 0.1) is 5.41 Å². The van der Waals surface area contributed by atoms with Crippen LogP contribution in [0.1, 0.15) is 18.4 Å². The Morgan fingerprint density at radius 3 is 2.50 bits per heavy atom. The van der Waals surface area contributed by atoms with Gasteiger partial charge < -0.3 is 15.4 Å². The second kappa shape index (κ2) is 6.70. The van der Waals surface area contributed by atoms with E-state index in [0.717, 1.165) is 10.0 Å². The van der Waals surface area contributed by atoms with E-state index in [1.54, 1.807) is 4.90 Å². The highest BCUT2D eigenvalue weighted by Crippen LogP contribution is 2.31. The molecule has 0 unspecified atom stereocenters. The predicted molar refractivity (Wildman–Crippen MR) is 82.2 cm³/mol. The average molecular weight is 341 g/mol. The van der Waals surface area contributed by atoms with Gasteiger partial charge >= 0.3 is 0 Å². The monoisotopic (exact) mass is 340 g/mol. The van der Waals surface area contributed by atoms with Gasteiger partial charge in [-0.15, -0.1) is 0 Å². The molecule has 1 saturated heterocycles. The Kier molecular flexibility index (Phi) is 5.18. The summed E-state index contributed by atoms with van der Waals surface area (Å²) in [6, 6.07) is 8.02. The number of carbonyl (C=O) groups is 1. The highest BCUT2D eigenvalue weighted by molar-refractivity contribution is 9.10. The minimum absolute atomic E-state index is 0.131. The Morgan fingerprint density at radius 2 is 1.95 bits per heavy atom. The molecule has 0 bridgehead atoms. The Bertz CT molecular complexity index is 455. The first-order chi connectivity index (χ1) is 9.57. The summed E-state index contributed by atoms with van der Waals surface area (Å²) in [4.78, 5) is 14.5. The number of carbonyl (C=O) groups excluding carboxylic acids is 1. The van der Waals surface area contributed by atoms with E-state index in [0.29, 0.717) is 39.1 Å². The van der Waals surface area contributed by atoms with Crippen LogP contribution in [0.25, 0.3) is 0 Å².